The van der Waals surface area contributed by atoms with Crippen LogP contribution in [0.5, 0.6) is 0 Å². The number of rotatable bonds is 4. The fourth-order valence-electron chi connectivity index (χ4n) is 3.11. The number of benzene rings is 1. The van der Waals surface area contributed by atoms with Crippen LogP contribution < -0.4 is 4.72 Å². The van der Waals surface area contributed by atoms with Crippen molar-refractivity contribution in [1.29, 1.82) is 5.26 Å². The van der Waals surface area contributed by atoms with Crippen LogP contribution in [0.15, 0.2) is 54.8 Å². The summed E-state index contributed by atoms with van der Waals surface area (Å²) in [5.74, 6) is 0. The molecule has 4 rings (SSSR count). The van der Waals surface area contributed by atoms with Gasteiger partial charge in [0.05, 0.1) is 21.0 Å². The van der Waals surface area contributed by atoms with Gasteiger partial charge in [-0.1, -0.05) is 29.8 Å². The Balaban J connectivity index is 1.85. The van der Waals surface area contributed by atoms with E-state index in [0.29, 0.717) is 33.0 Å². The molecule has 30 heavy (non-hydrogen) atoms. The molecule has 0 aliphatic heterocycles. The van der Waals surface area contributed by atoms with E-state index in [4.69, 9.17) is 11.6 Å². The number of aromatic nitrogens is 2. The molecule has 0 saturated heterocycles. The maximum absolute atomic E-state index is 12.4. The lowest BCUT2D eigenvalue weighted by molar-refractivity contribution is 0.566. The zero-order chi connectivity index (χ0) is 21.7. The van der Waals surface area contributed by atoms with E-state index in [-0.39, 0.29) is 0 Å². The topological polar surface area (TPSA) is 87.8 Å². The van der Waals surface area contributed by atoms with Crippen LogP contribution in [-0.4, -0.2) is 22.7 Å². The lowest BCUT2D eigenvalue weighted by Gasteiger charge is -2.20. The van der Waals surface area contributed by atoms with Gasteiger partial charge in [-0.25, -0.2) is 13.4 Å². The van der Waals surface area contributed by atoms with Gasteiger partial charge in [-0.3, -0.25) is 9.29 Å². The molecule has 0 bridgehead atoms. The van der Waals surface area contributed by atoms with Gasteiger partial charge in [-0.15, -0.1) is 0 Å². The summed E-state index contributed by atoms with van der Waals surface area (Å²) in [5, 5.41) is 11.0. The number of allylic oxidation sites excluding steroid dienone is 4. The number of nitriles is 1. The van der Waals surface area contributed by atoms with Crippen molar-refractivity contribution >= 4 is 44.0 Å². The zero-order valence-corrected chi connectivity index (χ0v) is 18.2. The molecule has 0 unspecified atom stereocenters. The molecule has 2 heterocycles. The van der Waals surface area contributed by atoms with Gasteiger partial charge in [0.2, 0.25) is 10.0 Å². The van der Waals surface area contributed by atoms with E-state index < -0.39 is 14.8 Å². The summed E-state index contributed by atoms with van der Waals surface area (Å²) in [6.07, 6.45) is 7.34. The Labute approximate surface area is 180 Å². The van der Waals surface area contributed by atoms with Gasteiger partial charge in [-0.05, 0) is 51.1 Å². The number of nitrogens with one attached hydrogen (secondary N) is 1. The summed E-state index contributed by atoms with van der Waals surface area (Å²) in [7, 11) is -3.53. The van der Waals surface area contributed by atoms with Crippen LogP contribution in [0, 0.1) is 11.3 Å². The largest absolute Gasteiger partial charge is 0.293 e. The molecule has 1 N–H and O–H groups in total. The van der Waals surface area contributed by atoms with Gasteiger partial charge in [0.25, 0.3) is 0 Å². The van der Waals surface area contributed by atoms with E-state index in [9.17, 15) is 13.7 Å². The molecule has 0 amide bonds. The highest BCUT2D eigenvalue weighted by molar-refractivity contribution is 7.94. The minimum atomic E-state index is -3.53. The Morgan fingerprint density at radius 1 is 1.20 bits per heavy atom. The molecule has 8 heteroatoms. The first-order valence-corrected chi connectivity index (χ1v) is 11.1. The number of pyridine rings is 1. The van der Waals surface area contributed by atoms with Crippen molar-refractivity contribution in [3.63, 3.8) is 0 Å². The molecular formula is C22H19ClN4O2S. The van der Waals surface area contributed by atoms with Crippen LogP contribution in [0.1, 0.15) is 26.3 Å². The van der Waals surface area contributed by atoms with Crippen LogP contribution in [0.4, 0.5) is 5.69 Å². The van der Waals surface area contributed by atoms with Crippen LogP contribution in [-0.2, 0) is 10.0 Å². The van der Waals surface area contributed by atoms with Crippen LogP contribution in [0.25, 0.3) is 28.0 Å². The summed E-state index contributed by atoms with van der Waals surface area (Å²) < 4.78 is 28.4. The molecule has 1 aliphatic rings. The van der Waals surface area contributed by atoms with E-state index in [0.717, 1.165) is 11.3 Å². The van der Waals surface area contributed by atoms with Crippen molar-refractivity contribution in [3.8, 4) is 17.3 Å². The van der Waals surface area contributed by atoms with Crippen molar-refractivity contribution in [2.24, 2.45) is 0 Å². The SMILES string of the molecule is CC(C)(C)S(=O)(=O)Nc1ccc(-c2c(C#N)c3cc(Cl)cnc3n2C2=CC=C2)cc1. The Bertz CT molecular complexity index is 1370. The highest BCUT2D eigenvalue weighted by Gasteiger charge is 2.29. The van der Waals surface area contributed by atoms with Gasteiger partial charge in [0, 0.05) is 28.5 Å². The number of hydrogen-bond acceptors (Lipinski definition) is 4. The van der Waals surface area contributed by atoms with Crippen molar-refractivity contribution in [2.45, 2.75) is 25.5 Å². The second-order valence-corrected chi connectivity index (χ2v) is 10.8. The highest BCUT2D eigenvalue weighted by Crippen LogP contribution is 2.38. The Morgan fingerprint density at radius 2 is 1.87 bits per heavy atom. The first-order chi connectivity index (χ1) is 14.1. The van der Waals surface area contributed by atoms with Crippen molar-refractivity contribution < 1.29 is 8.42 Å². The lowest BCUT2D eigenvalue weighted by Crippen LogP contribution is -2.33. The first-order valence-electron chi connectivity index (χ1n) is 9.24. The van der Waals surface area contributed by atoms with E-state index in [1.807, 2.05) is 22.8 Å². The van der Waals surface area contributed by atoms with Gasteiger partial charge >= 0.3 is 0 Å². The fraction of sp³-hybridized carbons (Fsp3) is 0.182. The monoisotopic (exact) mass is 438 g/mol. The number of hydrogen-bond donors (Lipinski definition) is 1. The molecule has 0 spiro atoms. The van der Waals surface area contributed by atoms with Gasteiger partial charge in [0.15, 0.2) is 0 Å². The van der Waals surface area contributed by atoms with E-state index in [1.54, 1.807) is 57.3 Å². The minimum absolute atomic E-state index is 0.452. The second kappa shape index (κ2) is 7.01. The van der Waals surface area contributed by atoms with Crippen molar-refractivity contribution in [3.05, 3.63) is 65.3 Å². The third kappa shape index (κ3) is 3.28. The smallest absolute Gasteiger partial charge is 0.237 e. The summed E-state index contributed by atoms with van der Waals surface area (Å²) in [4.78, 5) is 4.44. The molecule has 0 saturated carbocycles. The van der Waals surface area contributed by atoms with Gasteiger partial charge in [0.1, 0.15) is 11.7 Å². The average Bonchev–Trinajstić information content (AvgIpc) is 2.93. The molecular weight excluding hydrogens is 420 g/mol. The Hall–Kier alpha value is -3.08. The van der Waals surface area contributed by atoms with Crippen LogP contribution in [0.2, 0.25) is 5.02 Å². The van der Waals surface area contributed by atoms with E-state index in [1.165, 1.54) is 0 Å². The molecule has 0 atom stereocenters. The standard InChI is InChI=1S/C22H19ClN4O2S/c1-22(2,3)30(28,29)26-16-9-7-14(8-10-16)20-19(12-24)18-11-15(23)13-25-21(18)27(20)17-5-4-6-17/h4-11,13,26H,1-3H3. The van der Waals surface area contributed by atoms with Crippen molar-refractivity contribution in [2.75, 3.05) is 4.72 Å². The molecule has 6 nitrogen and oxygen atoms in total. The van der Waals surface area contributed by atoms with Crippen molar-refractivity contribution in [1.82, 2.24) is 9.55 Å². The summed E-state index contributed by atoms with van der Waals surface area (Å²) >= 11 is 6.13. The second-order valence-electron chi connectivity index (χ2n) is 7.94. The first kappa shape index (κ1) is 20.2. The number of sulfonamides is 1. The number of anilines is 1. The fourth-order valence-corrected chi connectivity index (χ4v) is 4.02. The summed E-state index contributed by atoms with van der Waals surface area (Å²) in [6, 6.07) is 11.0. The van der Waals surface area contributed by atoms with E-state index >= 15 is 0 Å². The molecule has 1 aromatic carbocycles. The summed E-state index contributed by atoms with van der Waals surface area (Å²) in [6.45, 7) is 4.91. The molecule has 2 aromatic heterocycles. The number of nitrogens with zero attached hydrogens (tertiary/aromatic N) is 3. The predicted octanol–water partition coefficient (Wildman–Crippen LogP) is 5.18. The molecule has 1 aliphatic carbocycles. The Kier molecular flexibility index (Phi) is 4.72. The number of halogens is 1. The Morgan fingerprint density at radius 3 is 2.40 bits per heavy atom. The molecule has 152 valence electrons. The highest BCUT2D eigenvalue weighted by atomic mass is 35.5. The number of fused-ring (bicyclic) bond motifs is 1. The third-order valence-electron chi connectivity index (χ3n) is 4.90. The van der Waals surface area contributed by atoms with Crippen LogP contribution in [0.3, 0.4) is 0 Å². The molecule has 0 fully saturated rings. The maximum atomic E-state index is 12.4. The maximum Gasteiger partial charge on any atom is 0.237 e. The van der Waals surface area contributed by atoms with Gasteiger partial charge < -0.3 is 0 Å². The minimum Gasteiger partial charge on any atom is -0.293 e. The predicted molar refractivity (Wildman–Crippen MR) is 121 cm³/mol. The lowest BCUT2D eigenvalue weighted by atomic mass is 10.1. The quantitative estimate of drug-likeness (QED) is 0.607. The van der Waals surface area contributed by atoms with E-state index in [2.05, 4.69) is 15.8 Å². The summed E-state index contributed by atoms with van der Waals surface area (Å²) in [5.41, 5.74) is 3.91. The normalized spacial score (nSPS) is 13.6. The molecule has 0 radical (unpaired) electrons. The zero-order valence-electron chi connectivity index (χ0n) is 16.6. The third-order valence-corrected chi connectivity index (χ3v) is 7.22. The molecule has 3 aromatic rings. The van der Waals surface area contributed by atoms with Crippen LogP contribution >= 0.6 is 11.6 Å². The average molecular weight is 439 g/mol. The van der Waals surface area contributed by atoms with Gasteiger partial charge in [-0.2, -0.15) is 5.26 Å².